The highest BCUT2D eigenvalue weighted by Gasteiger charge is 2.21. The van der Waals surface area contributed by atoms with Gasteiger partial charge in [0.25, 0.3) is 5.90 Å². The fourth-order valence-corrected chi connectivity index (χ4v) is 1.92. The Hall–Kier alpha value is -1.67. The van der Waals surface area contributed by atoms with E-state index in [1.54, 1.807) is 0 Å². The molecule has 2 heterocycles. The fourth-order valence-electron chi connectivity index (χ4n) is 1.22. The summed E-state index contributed by atoms with van der Waals surface area (Å²) in [6.07, 6.45) is 2.64. The number of rotatable bonds is 2. The predicted molar refractivity (Wildman–Crippen MR) is 54.1 cm³/mol. The fraction of sp³-hybridized carbons (Fsp3) is 0.250. The second-order valence-corrected chi connectivity index (χ2v) is 4.52. The average Bonchev–Trinajstić information content (AvgIpc) is 2.29. The number of hydrogen-bond donors (Lipinski definition) is 1. The Morgan fingerprint density at radius 2 is 2.19 bits per heavy atom. The van der Waals surface area contributed by atoms with Crippen molar-refractivity contribution in [3.8, 4) is 0 Å². The van der Waals surface area contributed by atoms with E-state index in [4.69, 9.17) is 14.7 Å². The van der Waals surface area contributed by atoms with Gasteiger partial charge in [0.1, 0.15) is 6.61 Å². The van der Waals surface area contributed by atoms with Crippen molar-refractivity contribution in [2.24, 2.45) is 10.3 Å². The molecule has 16 heavy (non-hydrogen) atoms. The third kappa shape index (κ3) is 2.12. The molecular weight excluding hydrogens is 234 g/mol. The highest BCUT2D eigenvalue weighted by atomic mass is 32.2. The van der Waals surface area contributed by atoms with Crippen molar-refractivity contribution in [1.29, 1.82) is 0 Å². The minimum Gasteiger partial charge on any atom is -0.471 e. The Morgan fingerprint density at radius 3 is 2.81 bits per heavy atom. The summed E-state index contributed by atoms with van der Waals surface area (Å²) in [6.45, 7) is 0.631. The van der Waals surface area contributed by atoms with Gasteiger partial charge in [-0.1, -0.05) is 0 Å². The third-order valence-electron chi connectivity index (χ3n) is 1.88. The lowest BCUT2D eigenvalue weighted by Gasteiger charge is -2.14. The lowest BCUT2D eigenvalue weighted by molar-refractivity contribution is 0.0653. The highest BCUT2D eigenvalue weighted by molar-refractivity contribution is 7.89. The maximum Gasteiger partial charge on any atom is 0.260 e. The van der Waals surface area contributed by atoms with Crippen LogP contribution in [0.5, 0.6) is 0 Å². The number of sulfonamides is 1. The topological polar surface area (TPSA) is 104 Å². The van der Waals surface area contributed by atoms with Crippen molar-refractivity contribution >= 4 is 15.9 Å². The predicted octanol–water partition coefficient (Wildman–Crippen LogP) is -0.563. The van der Waals surface area contributed by atoms with Crippen LogP contribution in [0.3, 0.4) is 0 Å². The largest absolute Gasteiger partial charge is 0.471 e. The maximum absolute atomic E-state index is 11.3. The molecule has 0 amide bonds. The summed E-state index contributed by atoms with van der Waals surface area (Å²) in [5.74, 6) is 0.0726. The first-order valence-electron chi connectivity index (χ1n) is 4.39. The number of aromatic nitrogens is 1. The summed E-state index contributed by atoms with van der Waals surface area (Å²) in [7, 11) is -3.84. The summed E-state index contributed by atoms with van der Waals surface area (Å²) in [6, 6.07) is 1.28. The van der Waals surface area contributed by atoms with Crippen molar-refractivity contribution < 1.29 is 18.0 Å². The van der Waals surface area contributed by atoms with Crippen LogP contribution in [-0.4, -0.2) is 32.5 Å². The number of hydrogen-bond acceptors (Lipinski definition) is 6. The number of pyridine rings is 1. The van der Waals surface area contributed by atoms with E-state index in [1.165, 1.54) is 18.5 Å². The molecule has 1 aliphatic rings. The second kappa shape index (κ2) is 4.06. The van der Waals surface area contributed by atoms with Crippen LogP contribution in [0, 0.1) is 0 Å². The Labute approximate surface area is 91.9 Å². The summed E-state index contributed by atoms with van der Waals surface area (Å²) in [5.41, 5.74) is 0.199. The molecule has 1 aromatic rings. The van der Waals surface area contributed by atoms with Crippen LogP contribution in [-0.2, 0) is 19.6 Å². The number of oxime groups is 1. The first-order valence-corrected chi connectivity index (χ1v) is 5.93. The first kappa shape index (κ1) is 10.8. The molecule has 0 bridgehead atoms. The average molecular weight is 243 g/mol. The van der Waals surface area contributed by atoms with Crippen LogP contribution < -0.4 is 5.14 Å². The molecule has 0 spiro atoms. The minimum absolute atomic E-state index is 0.0726. The summed E-state index contributed by atoms with van der Waals surface area (Å²) in [4.78, 5) is 8.51. The number of ether oxygens (including phenoxy) is 1. The molecule has 7 nitrogen and oxygen atoms in total. The van der Waals surface area contributed by atoms with Crippen LogP contribution in [0.2, 0.25) is 0 Å². The summed E-state index contributed by atoms with van der Waals surface area (Å²) in [5, 5.41) is 8.67. The van der Waals surface area contributed by atoms with E-state index in [2.05, 4.69) is 10.1 Å². The van der Waals surface area contributed by atoms with Gasteiger partial charge in [0.2, 0.25) is 10.0 Å². The molecule has 0 unspecified atom stereocenters. The van der Waals surface area contributed by atoms with Crippen LogP contribution >= 0.6 is 0 Å². The molecule has 0 saturated heterocycles. The van der Waals surface area contributed by atoms with Crippen molar-refractivity contribution in [2.45, 2.75) is 4.90 Å². The van der Waals surface area contributed by atoms with Crippen molar-refractivity contribution in [3.63, 3.8) is 0 Å². The van der Waals surface area contributed by atoms with Gasteiger partial charge in [0, 0.05) is 12.4 Å². The van der Waals surface area contributed by atoms with E-state index in [0.717, 1.165) is 0 Å². The van der Waals surface area contributed by atoms with Gasteiger partial charge in [-0.15, -0.1) is 0 Å². The Morgan fingerprint density at radius 1 is 1.38 bits per heavy atom. The molecule has 0 aliphatic carbocycles. The van der Waals surface area contributed by atoms with E-state index in [1.807, 2.05) is 0 Å². The van der Waals surface area contributed by atoms with Crippen LogP contribution in [0.15, 0.2) is 28.5 Å². The number of nitrogens with zero attached hydrogens (tertiary/aromatic N) is 2. The van der Waals surface area contributed by atoms with Crippen molar-refractivity contribution in [3.05, 3.63) is 24.0 Å². The molecule has 2 N–H and O–H groups in total. The molecule has 8 heteroatoms. The Kier molecular flexibility index (Phi) is 2.75. The lowest BCUT2D eigenvalue weighted by atomic mass is 10.3. The standard InChI is InChI=1S/C8H9N3O4S/c9-16(12,13)7-1-2-10-5-6(7)8-11-15-4-3-14-8/h1-2,5H,3-4H2,(H2,9,12,13). The highest BCUT2D eigenvalue weighted by Crippen LogP contribution is 2.15. The summed E-state index contributed by atoms with van der Waals surface area (Å²) < 4.78 is 27.8. The minimum atomic E-state index is -3.84. The molecule has 0 aromatic carbocycles. The zero-order valence-corrected chi connectivity index (χ0v) is 8.98. The van der Waals surface area contributed by atoms with Gasteiger partial charge < -0.3 is 9.57 Å². The van der Waals surface area contributed by atoms with Gasteiger partial charge in [-0.2, -0.15) is 0 Å². The van der Waals surface area contributed by atoms with E-state index in [0.29, 0.717) is 13.2 Å². The van der Waals surface area contributed by atoms with E-state index in [9.17, 15) is 8.42 Å². The SMILES string of the molecule is NS(=O)(=O)c1ccncc1C1=NOCCO1. The van der Waals surface area contributed by atoms with Crippen LogP contribution in [0.1, 0.15) is 5.56 Å². The van der Waals surface area contributed by atoms with Gasteiger partial charge in [0.05, 0.1) is 10.5 Å². The number of nitrogens with two attached hydrogens (primary N) is 1. The van der Waals surface area contributed by atoms with Gasteiger partial charge >= 0.3 is 0 Å². The second-order valence-electron chi connectivity index (χ2n) is 2.99. The Balaban J connectivity index is 2.52. The first-order chi connectivity index (χ1) is 7.59. The Bertz CT molecular complexity index is 526. The van der Waals surface area contributed by atoms with Gasteiger partial charge in [-0.05, 0) is 11.2 Å². The summed E-state index contributed by atoms with van der Waals surface area (Å²) >= 11 is 0. The van der Waals surface area contributed by atoms with Gasteiger partial charge in [-0.25, -0.2) is 13.6 Å². The van der Waals surface area contributed by atoms with Gasteiger partial charge in [0.15, 0.2) is 6.61 Å². The number of primary sulfonamides is 1. The molecule has 0 fully saturated rings. The molecule has 0 radical (unpaired) electrons. The molecule has 0 atom stereocenters. The third-order valence-corrected chi connectivity index (χ3v) is 2.85. The van der Waals surface area contributed by atoms with Gasteiger partial charge in [-0.3, -0.25) is 4.98 Å². The van der Waals surface area contributed by atoms with E-state index in [-0.39, 0.29) is 16.4 Å². The normalized spacial score (nSPS) is 15.9. The van der Waals surface area contributed by atoms with Crippen LogP contribution in [0.25, 0.3) is 0 Å². The maximum atomic E-state index is 11.3. The van der Waals surface area contributed by atoms with E-state index >= 15 is 0 Å². The van der Waals surface area contributed by atoms with Crippen LogP contribution in [0.4, 0.5) is 0 Å². The smallest absolute Gasteiger partial charge is 0.260 e. The lowest BCUT2D eigenvalue weighted by Crippen LogP contribution is -2.22. The van der Waals surface area contributed by atoms with Crippen molar-refractivity contribution in [2.75, 3.05) is 13.2 Å². The molecular formula is C8H9N3O4S. The zero-order valence-electron chi connectivity index (χ0n) is 8.16. The molecule has 1 aliphatic heterocycles. The van der Waals surface area contributed by atoms with Crippen molar-refractivity contribution in [1.82, 2.24) is 4.98 Å². The molecule has 1 aromatic heterocycles. The molecule has 2 rings (SSSR count). The zero-order chi connectivity index (χ0) is 11.6. The molecule has 86 valence electrons. The quantitative estimate of drug-likeness (QED) is 0.749. The monoisotopic (exact) mass is 243 g/mol. The molecule has 0 saturated carbocycles. The van der Waals surface area contributed by atoms with E-state index < -0.39 is 10.0 Å².